The van der Waals surface area contributed by atoms with E-state index in [1.807, 2.05) is 0 Å². The summed E-state index contributed by atoms with van der Waals surface area (Å²) in [6, 6.07) is 5.46. The van der Waals surface area contributed by atoms with Crippen molar-refractivity contribution in [1.29, 1.82) is 0 Å². The van der Waals surface area contributed by atoms with Crippen LogP contribution >= 0.6 is 12.4 Å². The van der Waals surface area contributed by atoms with E-state index in [2.05, 4.69) is 4.72 Å². The molecule has 1 aliphatic carbocycles. The Labute approximate surface area is 138 Å². The Morgan fingerprint density at radius 1 is 1.27 bits per heavy atom. The summed E-state index contributed by atoms with van der Waals surface area (Å²) >= 11 is 0. The first-order chi connectivity index (χ1) is 10.00. The van der Waals surface area contributed by atoms with Crippen LogP contribution in [0.3, 0.4) is 0 Å². The highest BCUT2D eigenvalue weighted by atomic mass is 35.5. The van der Waals surface area contributed by atoms with Gasteiger partial charge in [0.2, 0.25) is 10.0 Å². The normalized spacial score (nSPS) is 17.7. The van der Waals surface area contributed by atoms with E-state index in [1.165, 1.54) is 24.6 Å². The highest BCUT2D eigenvalue weighted by molar-refractivity contribution is 7.88. The first-order valence-corrected chi connectivity index (χ1v) is 9.10. The van der Waals surface area contributed by atoms with Crippen molar-refractivity contribution in [3.63, 3.8) is 0 Å². The van der Waals surface area contributed by atoms with Gasteiger partial charge in [-0.25, -0.2) is 17.5 Å². The van der Waals surface area contributed by atoms with E-state index in [1.54, 1.807) is 6.07 Å². The van der Waals surface area contributed by atoms with Gasteiger partial charge in [-0.3, -0.25) is 0 Å². The maximum atomic E-state index is 13.1. The van der Waals surface area contributed by atoms with Gasteiger partial charge in [0, 0.05) is 12.6 Å². The van der Waals surface area contributed by atoms with E-state index in [-0.39, 0.29) is 24.2 Å². The molecule has 1 fully saturated rings. The summed E-state index contributed by atoms with van der Waals surface area (Å²) in [5.41, 5.74) is 6.19. The van der Waals surface area contributed by atoms with E-state index >= 15 is 0 Å². The molecule has 2 rings (SSSR count). The summed E-state index contributed by atoms with van der Waals surface area (Å²) in [4.78, 5) is 0. The zero-order valence-electron chi connectivity index (χ0n) is 12.5. The molecule has 1 unspecified atom stereocenters. The smallest absolute Gasteiger partial charge is 0.216 e. The van der Waals surface area contributed by atoms with E-state index in [9.17, 15) is 12.8 Å². The lowest BCUT2D eigenvalue weighted by Crippen LogP contribution is -2.46. The van der Waals surface area contributed by atoms with Gasteiger partial charge in [0.15, 0.2) is 0 Å². The molecule has 126 valence electrons. The van der Waals surface area contributed by atoms with Crippen LogP contribution in [0.5, 0.6) is 0 Å². The molecule has 1 atom stereocenters. The molecule has 0 bridgehead atoms. The van der Waals surface area contributed by atoms with Gasteiger partial charge in [-0.05, 0) is 36.5 Å². The Hall–Kier alpha value is -0.690. The van der Waals surface area contributed by atoms with Crippen LogP contribution in [-0.4, -0.2) is 21.0 Å². The second-order valence-electron chi connectivity index (χ2n) is 5.75. The number of rotatable bonds is 6. The van der Waals surface area contributed by atoms with Crippen molar-refractivity contribution in [1.82, 2.24) is 4.72 Å². The predicted molar refractivity (Wildman–Crippen MR) is 88.8 cm³/mol. The molecule has 0 radical (unpaired) electrons. The number of hydrogen-bond acceptors (Lipinski definition) is 3. The van der Waals surface area contributed by atoms with Crippen LogP contribution in [-0.2, 0) is 15.8 Å². The van der Waals surface area contributed by atoms with Crippen LogP contribution in [0.25, 0.3) is 0 Å². The van der Waals surface area contributed by atoms with Crippen LogP contribution in [0.4, 0.5) is 4.39 Å². The summed E-state index contributed by atoms with van der Waals surface area (Å²) < 4.78 is 40.3. The minimum atomic E-state index is -3.51. The van der Waals surface area contributed by atoms with Gasteiger partial charge in [0.25, 0.3) is 0 Å². The van der Waals surface area contributed by atoms with Gasteiger partial charge < -0.3 is 5.73 Å². The minimum absolute atomic E-state index is 0. The molecule has 7 heteroatoms. The van der Waals surface area contributed by atoms with Crippen molar-refractivity contribution in [2.75, 3.05) is 6.54 Å². The maximum Gasteiger partial charge on any atom is 0.216 e. The summed E-state index contributed by atoms with van der Waals surface area (Å²) in [6.07, 6.45) is 5.51. The van der Waals surface area contributed by atoms with Crippen LogP contribution in [0.1, 0.15) is 37.7 Å². The molecule has 1 aromatic carbocycles. The number of nitrogens with one attached hydrogen (secondary N) is 1. The SMILES string of the molecule is Cl.NCC(NS(=O)(=O)Cc1cccc(F)c1)C1CCCCC1. The Morgan fingerprint density at radius 2 is 1.95 bits per heavy atom. The van der Waals surface area contributed by atoms with Crippen LogP contribution < -0.4 is 10.5 Å². The molecule has 3 N–H and O–H groups in total. The van der Waals surface area contributed by atoms with Crippen molar-refractivity contribution in [2.24, 2.45) is 11.7 Å². The third-order valence-corrected chi connectivity index (χ3v) is 5.42. The Bertz CT molecular complexity index is 562. The van der Waals surface area contributed by atoms with Crippen LogP contribution in [0, 0.1) is 11.7 Å². The number of nitrogens with two attached hydrogens (primary N) is 1. The molecular formula is C15H24ClFN2O2S. The first-order valence-electron chi connectivity index (χ1n) is 7.45. The lowest BCUT2D eigenvalue weighted by molar-refractivity contribution is 0.294. The molecule has 0 heterocycles. The van der Waals surface area contributed by atoms with Crippen molar-refractivity contribution in [2.45, 2.75) is 43.9 Å². The Morgan fingerprint density at radius 3 is 2.55 bits per heavy atom. The second kappa shape index (κ2) is 8.82. The van der Waals surface area contributed by atoms with Crippen LogP contribution in [0.15, 0.2) is 24.3 Å². The summed E-state index contributed by atoms with van der Waals surface area (Å²) in [6.45, 7) is 0.299. The largest absolute Gasteiger partial charge is 0.329 e. The third kappa shape index (κ3) is 5.83. The van der Waals surface area contributed by atoms with Gasteiger partial charge in [0.1, 0.15) is 5.82 Å². The first kappa shape index (κ1) is 19.4. The molecule has 0 spiro atoms. The van der Waals surface area contributed by atoms with E-state index < -0.39 is 15.8 Å². The van der Waals surface area contributed by atoms with Gasteiger partial charge in [-0.1, -0.05) is 31.4 Å². The molecule has 4 nitrogen and oxygen atoms in total. The zero-order chi connectivity index (χ0) is 15.3. The zero-order valence-corrected chi connectivity index (χ0v) is 14.1. The second-order valence-corrected chi connectivity index (χ2v) is 7.50. The summed E-state index contributed by atoms with van der Waals surface area (Å²) in [5.74, 6) is -0.329. The average Bonchev–Trinajstić information content (AvgIpc) is 2.45. The van der Waals surface area contributed by atoms with Gasteiger partial charge in [0.05, 0.1) is 5.75 Å². The maximum absolute atomic E-state index is 13.1. The third-order valence-electron chi connectivity index (χ3n) is 4.05. The minimum Gasteiger partial charge on any atom is -0.329 e. The quantitative estimate of drug-likeness (QED) is 0.828. The number of sulfonamides is 1. The van der Waals surface area contributed by atoms with Crippen molar-refractivity contribution in [3.05, 3.63) is 35.6 Å². The molecular weight excluding hydrogens is 327 g/mol. The Kier molecular flexibility index (Phi) is 7.76. The fourth-order valence-corrected chi connectivity index (χ4v) is 4.44. The predicted octanol–water partition coefficient (Wildman–Crippen LogP) is 2.57. The molecule has 1 aromatic rings. The van der Waals surface area contributed by atoms with Crippen molar-refractivity contribution >= 4 is 22.4 Å². The number of hydrogen-bond donors (Lipinski definition) is 2. The standard InChI is InChI=1S/C15H23FN2O2S.ClH/c16-14-8-4-5-12(9-14)11-21(19,20)18-15(10-17)13-6-2-1-3-7-13;/h4-5,8-9,13,15,18H,1-3,6-7,10-11,17H2;1H. The number of benzene rings is 1. The topological polar surface area (TPSA) is 72.2 Å². The lowest BCUT2D eigenvalue weighted by atomic mass is 9.84. The Balaban J connectivity index is 0.00000242. The van der Waals surface area contributed by atoms with Crippen LogP contribution in [0.2, 0.25) is 0 Å². The molecule has 0 saturated heterocycles. The molecule has 1 aliphatic rings. The molecule has 0 aromatic heterocycles. The average molecular weight is 351 g/mol. The van der Waals surface area contributed by atoms with Gasteiger partial charge in [-0.15, -0.1) is 12.4 Å². The summed E-state index contributed by atoms with van der Waals surface area (Å²) in [5, 5.41) is 0. The molecule has 0 aliphatic heterocycles. The van der Waals surface area contributed by atoms with Crippen molar-refractivity contribution < 1.29 is 12.8 Å². The van der Waals surface area contributed by atoms with E-state index in [4.69, 9.17) is 5.73 Å². The van der Waals surface area contributed by atoms with Gasteiger partial charge >= 0.3 is 0 Å². The van der Waals surface area contributed by atoms with E-state index in [0.29, 0.717) is 18.0 Å². The fraction of sp³-hybridized carbons (Fsp3) is 0.600. The molecule has 0 amide bonds. The van der Waals surface area contributed by atoms with E-state index in [0.717, 1.165) is 25.7 Å². The highest BCUT2D eigenvalue weighted by Crippen LogP contribution is 2.26. The molecule has 22 heavy (non-hydrogen) atoms. The fourth-order valence-electron chi connectivity index (χ4n) is 2.99. The van der Waals surface area contributed by atoms with Gasteiger partial charge in [-0.2, -0.15) is 0 Å². The molecule has 1 saturated carbocycles. The highest BCUT2D eigenvalue weighted by Gasteiger charge is 2.26. The lowest BCUT2D eigenvalue weighted by Gasteiger charge is -2.29. The van der Waals surface area contributed by atoms with Crippen molar-refractivity contribution in [3.8, 4) is 0 Å². The summed E-state index contributed by atoms with van der Waals surface area (Å²) in [7, 11) is -3.51. The number of halogens is 2. The monoisotopic (exact) mass is 350 g/mol.